The molecule has 1 aromatic heterocycles. The van der Waals surface area contributed by atoms with E-state index in [9.17, 15) is 24.9 Å². The van der Waals surface area contributed by atoms with Crippen molar-refractivity contribution < 1.29 is 34.3 Å². The number of carbonyl (C=O) groups is 1. The van der Waals surface area contributed by atoms with Crippen LogP contribution >= 0.6 is 0 Å². The van der Waals surface area contributed by atoms with E-state index in [0.29, 0.717) is 0 Å². The van der Waals surface area contributed by atoms with Crippen molar-refractivity contribution in [3.63, 3.8) is 0 Å². The molecule has 0 spiro atoms. The molecule has 2 saturated heterocycles. The summed E-state index contributed by atoms with van der Waals surface area (Å²) in [6.45, 7) is 7.00. The Balaban J connectivity index is 1.66. The van der Waals surface area contributed by atoms with Crippen LogP contribution < -0.4 is 11.0 Å². The van der Waals surface area contributed by atoms with Crippen LogP contribution in [0, 0.1) is 0 Å². The lowest BCUT2D eigenvalue weighted by molar-refractivity contribution is -0.322. The number of hydrogen-bond acceptors (Lipinski definition) is 10. The number of carbonyl (C=O) groups excluding carboxylic acids is 1. The largest absolute Gasteiger partial charge is 0.390 e. The molecule has 2 aliphatic heterocycles. The van der Waals surface area contributed by atoms with E-state index in [2.05, 4.69) is 10.3 Å². The number of anilines is 1. The molecule has 3 rings (SSSR count). The van der Waals surface area contributed by atoms with Crippen LogP contribution in [0.15, 0.2) is 28.7 Å². The van der Waals surface area contributed by atoms with Gasteiger partial charge in [-0.25, -0.2) is 4.79 Å². The predicted molar refractivity (Wildman–Crippen MR) is 125 cm³/mol. The van der Waals surface area contributed by atoms with E-state index < -0.39 is 66.8 Å². The van der Waals surface area contributed by atoms with Gasteiger partial charge >= 0.3 is 5.69 Å². The summed E-state index contributed by atoms with van der Waals surface area (Å²) in [6.07, 6.45) is -4.60. The lowest BCUT2D eigenvalue weighted by Gasteiger charge is -2.46. The Morgan fingerprint density at radius 2 is 1.89 bits per heavy atom. The molecule has 9 unspecified atom stereocenters. The van der Waals surface area contributed by atoms with Gasteiger partial charge in [0.2, 0.25) is 5.91 Å². The van der Waals surface area contributed by atoms with Gasteiger partial charge in [-0.1, -0.05) is 5.57 Å². The van der Waals surface area contributed by atoms with Gasteiger partial charge in [-0.2, -0.15) is 4.98 Å². The first kappa shape index (κ1) is 27.4. The number of aromatic nitrogens is 2. The Morgan fingerprint density at radius 1 is 1.20 bits per heavy atom. The number of amides is 1. The molecule has 4 N–H and O–H groups in total. The number of allylic oxidation sites excluding steroid dienone is 1. The second-order valence-corrected chi connectivity index (χ2v) is 9.56. The third kappa shape index (κ3) is 6.33. The van der Waals surface area contributed by atoms with E-state index in [1.165, 1.54) is 22.9 Å². The molecule has 0 bridgehead atoms. The average Bonchev–Trinajstić information content (AvgIpc) is 2.73. The monoisotopic (exact) mass is 496 g/mol. The highest BCUT2D eigenvalue weighted by atomic mass is 16.7. The maximum atomic E-state index is 12.6. The highest BCUT2D eigenvalue weighted by Crippen LogP contribution is 2.32. The SMILES string of the molecule is CC(C)=CC(=O)Nc1ccn(C2CC(O)C(OC3OC(C)C(N(C)C)C(O)C3O)C(C)O2)c(=O)n1. The zero-order valence-electron chi connectivity index (χ0n) is 20.9. The highest BCUT2D eigenvalue weighted by molar-refractivity contribution is 5.98. The van der Waals surface area contributed by atoms with Gasteiger partial charge in [0.1, 0.15) is 30.4 Å². The van der Waals surface area contributed by atoms with Gasteiger partial charge in [0.25, 0.3) is 0 Å². The van der Waals surface area contributed by atoms with Gasteiger partial charge in [-0.15, -0.1) is 0 Å². The van der Waals surface area contributed by atoms with Crippen LogP contribution in [0.4, 0.5) is 5.82 Å². The number of aliphatic hydroxyl groups is 3. The van der Waals surface area contributed by atoms with Crippen molar-refractivity contribution in [2.75, 3.05) is 19.4 Å². The normalized spacial score (nSPS) is 35.5. The Hall–Kier alpha value is -2.19. The van der Waals surface area contributed by atoms with Crippen molar-refractivity contribution in [1.82, 2.24) is 14.5 Å². The third-order valence-corrected chi connectivity index (χ3v) is 6.16. The Kier molecular flexibility index (Phi) is 8.81. The van der Waals surface area contributed by atoms with Crippen LogP contribution in [0.2, 0.25) is 0 Å². The van der Waals surface area contributed by atoms with Crippen molar-refractivity contribution >= 4 is 11.7 Å². The zero-order valence-corrected chi connectivity index (χ0v) is 20.9. The first-order valence-electron chi connectivity index (χ1n) is 11.6. The number of aliphatic hydroxyl groups excluding tert-OH is 3. The fourth-order valence-electron chi connectivity index (χ4n) is 4.55. The topological polar surface area (TPSA) is 156 Å². The van der Waals surface area contributed by atoms with E-state index in [4.69, 9.17) is 14.2 Å². The van der Waals surface area contributed by atoms with Crippen molar-refractivity contribution in [2.45, 2.75) is 89.3 Å². The van der Waals surface area contributed by atoms with E-state index in [1.807, 2.05) is 0 Å². The van der Waals surface area contributed by atoms with Gasteiger partial charge in [0.15, 0.2) is 6.29 Å². The summed E-state index contributed by atoms with van der Waals surface area (Å²) in [5.41, 5.74) is 0.153. The molecule has 3 heterocycles. The standard InChI is InChI=1S/C23H36N4O8/c1-11(2)9-16(29)24-15-7-8-27(23(32)25-15)17-10-14(28)21(13(4)33-17)35-22-20(31)19(30)18(26(5)6)12(3)34-22/h7-9,12-14,17-22,28,30-31H,10H2,1-6H3,(H,24,25,29,32). The van der Waals surface area contributed by atoms with Gasteiger partial charge in [-0.05, 0) is 47.9 Å². The minimum atomic E-state index is -1.32. The molecular formula is C23H36N4O8. The number of ether oxygens (including phenoxy) is 3. The molecule has 12 nitrogen and oxygen atoms in total. The molecule has 9 atom stereocenters. The summed E-state index contributed by atoms with van der Waals surface area (Å²) < 4.78 is 18.8. The summed E-state index contributed by atoms with van der Waals surface area (Å²) in [7, 11) is 3.56. The molecule has 1 amide bonds. The van der Waals surface area contributed by atoms with Crippen molar-refractivity contribution in [3.05, 3.63) is 34.4 Å². The van der Waals surface area contributed by atoms with Crippen molar-refractivity contribution in [2.24, 2.45) is 0 Å². The van der Waals surface area contributed by atoms with Gasteiger partial charge in [0, 0.05) is 18.7 Å². The maximum Gasteiger partial charge on any atom is 0.351 e. The van der Waals surface area contributed by atoms with E-state index in [0.717, 1.165) is 5.57 Å². The fourth-order valence-corrected chi connectivity index (χ4v) is 4.55. The minimum Gasteiger partial charge on any atom is -0.390 e. The quantitative estimate of drug-likeness (QED) is 0.382. The van der Waals surface area contributed by atoms with Crippen LogP contribution in [0.3, 0.4) is 0 Å². The van der Waals surface area contributed by atoms with Crippen molar-refractivity contribution in [3.8, 4) is 0 Å². The highest BCUT2D eigenvalue weighted by Gasteiger charge is 2.47. The third-order valence-electron chi connectivity index (χ3n) is 6.16. The van der Waals surface area contributed by atoms with Crippen LogP contribution in [-0.4, -0.2) is 98.7 Å². The van der Waals surface area contributed by atoms with Gasteiger partial charge in [-0.3, -0.25) is 9.36 Å². The molecule has 0 saturated carbocycles. The number of nitrogens with zero attached hydrogens (tertiary/aromatic N) is 3. The Bertz CT molecular complexity index is 967. The second-order valence-electron chi connectivity index (χ2n) is 9.56. The van der Waals surface area contributed by atoms with Crippen LogP contribution in [0.25, 0.3) is 0 Å². The van der Waals surface area contributed by atoms with Crippen molar-refractivity contribution in [1.29, 1.82) is 0 Å². The van der Waals surface area contributed by atoms with Crippen LogP contribution in [0.5, 0.6) is 0 Å². The fraction of sp³-hybridized carbons (Fsp3) is 0.696. The molecule has 196 valence electrons. The molecule has 1 aromatic rings. The molecule has 0 radical (unpaired) electrons. The smallest absolute Gasteiger partial charge is 0.351 e. The number of likely N-dealkylation sites (N-methyl/N-ethyl adjacent to an activating group) is 1. The first-order chi connectivity index (χ1) is 16.4. The van der Waals surface area contributed by atoms with Gasteiger partial charge in [0.05, 0.1) is 24.4 Å². The lowest BCUT2D eigenvalue weighted by atomic mass is 9.95. The predicted octanol–water partition coefficient (Wildman–Crippen LogP) is -0.402. The first-order valence-corrected chi connectivity index (χ1v) is 11.6. The second kappa shape index (κ2) is 11.2. The Morgan fingerprint density at radius 3 is 2.46 bits per heavy atom. The summed E-state index contributed by atoms with van der Waals surface area (Å²) in [4.78, 5) is 30.1. The number of hydrogen-bond donors (Lipinski definition) is 4. The van der Waals surface area contributed by atoms with E-state index in [1.54, 1.807) is 46.7 Å². The summed E-state index contributed by atoms with van der Waals surface area (Å²) in [6, 6.07) is 1.05. The molecule has 0 aromatic carbocycles. The molecule has 0 aliphatic carbocycles. The van der Waals surface area contributed by atoms with E-state index in [-0.39, 0.29) is 12.2 Å². The van der Waals surface area contributed by atoms with Gasteiger partial charge < -0.3 is 39.7 Å². The Labute approximate surface area is 204 Å². The summed E-state index contributed by atoms with van der Waals surface area (Å²) >= 11 is 0. The molecule has 2 aliphatic rings. The zero-order chi connectivity index (χ0) is 26.0. The maximum absolute atomic E-state index is 12.6. The van der Waals surface area contributed by atoms with Crippen LogP contribution in [-0.2, 0) is 19.0 Å². The molecule has 2 fully saturated rings. The molecular weight excluding hydrogens is 460 g/mol. The molecule has 35 heavy (non-hydrogen) atoms. The van der Waals surface area contributed by atoms with Crippen LogP contribution in [0.1, 0.15) is 40.3 Å². The minimum absolute atomic E-state index is 0.0152. The number of nitrogens with one attached hydrogen (secondary N) is 1. The summed E-state index contributed by atoms with van der Waals surface area (Å²) in [5, 5.41) is 34.4. The number of rotatable bonds is 6. The molecule has 12 heteroatoms. The summed E-state index contributed by atoms with van der Waals surface area (Å²) in [5.74, 6) is -0.289. The lowest BCUT2D eigenvalue weighted by Crippen LogP contribution is -2.63. The van der Waals surface area contributed by atoms with E-state index >= 15 is 0 Å². The average molecular weight is 497 g/mol.